The van der Waals surface area contributed by atoms with Gasteiger partial charge in [-0.3, -0.25) is 0 Å². The highest BCUT2D eigenvalue weighted by Crippen LogP contribution is 2.25. The third-order valence-electron chi connectivity index (χ3n) is 1.38. The van der Waals surface area contributed by atoms with Gasteiger partial charge in [0.15, 0.2) is 0 Å². The molecule has 0 saturated heterocycles. The van der Waals surface area contributed by atoms with Gasteiger partial charge in [-0.05, 0) is 12.5 Å². The highest BCUT2D eigenvalue weighted by molar-refractivity contribution is 7.99. The second-order valence-electron chi connectivity index (χ2n) is 2.38. The van der Waals surface area contributed by atoms with Crippen molar-refractivity contribution in [2.75, 3.05) is 5.75 Å². The van der Waals surface area contributed by atoms with Crippen LogP contribution in [0.25, 0.3) is 0 Å². The first-order valence-corrected chi connectivity index (χ1v) is 5.66. The van der Waals surface area contributed by atoms with Crippen LogP contribution in [0.4, 0.5) is 0 Å². The van der Waals surface area contributed by atoms with E-state index in [-0.39, 0.29) is 0 Å². The summed E-state index contributed by atoms with van der Waals surface area (Å²) >= 11 is 2.93. The normalized spacial score (nSPS) is 9.85. The molecule has 4 heteroatoms. The number of carboxylic acids is 1. The van der Waals surface area contributed by atoms with Crippen molar-refractivity contribution in [1.29, 1.82) is 0 Å². The second-order valence-corrected chi connectivity index (χ2v) is 4.46. The van der Waals surface area contributed by atoms with Crippen molar-refractivity contribution in [3.05, 3.63) is 29.0 Å². The summed E-state index contributed by atoms with van der Waals surface area (Å²) in [7, 11) is 0. The van der Waals surface area contributed by atoms with Crippen LogP contribution in [-0.4, -0.2) is 16.8 Å². The molecule has 0 saturated carbocycles. The van der Waals surface area contributed by atoms with Crippen LogP contribution < -0.4 is 0 Å². The van der Waals surface area contributed by atoms with Crippen LogP contribution in [0.5, 0.6) is 0 Å². The maximum atomic E-state index is 10.5. The summed E-state index contributed by atoms with van der Waals surface area (Å²) in [5.74, 6) is 0.111. The van der Waals surface area contributed by atoms with E-state index in [2.05, 4.69) is 6.58 Å². The standard InChI is InChI=1S/C9H10O2S2/c1-2-3-4-12-7-5-8(9(10)11)13-6-7/h2,5-6H,1,3-4H2,(H,10,11). The zero-order valence-corrected chi connectivity index (χ0v) is 8.66. The number of rotatable bonds is 5. The fraction of sp³-hybridized carbons (Fsp3) is 0.222. The van der Waals surface area contributed by atoms with Crippen LogP contribution in [0.2, 0.25) is 0 Å². The monoisotopic (exact) mass is 214 g/mol. The van der Waals surface area contributed by atoms with Crippen molar-refractivity contribution in [2.45, 2.75) is 11.3 Å². The molecule has 0 aromatic carbocycles. The van der Waals surface area contributed by atoms with Gasteiger partial charge < -0.3 is 5.11 Å². The number of carbonyl (C=O) groups is 1. The molecule has 0 bridgehead atoms. The van der Waals surface area contributed by atoms with Gasteiger partial charge in [-0.25, -0.2) is 4.79 Å². The number of aromatic carboxylic acids is 1. The summed E-state index contributed by atoms with van der Waals surface area (Å²) in [5.41, 5.74) is 0. The van der Waals surface area contributed by atoms with Crippen LogP contribution in [-0.2, 0) is 0 Å². The molecule has 0 fully saturated rings. The molecule has 2 nitrogen and oxygen atoms in total. The lowest BCUT2D eigenvalue weighted by Crippen LogP contribution is -1.89. The number of thioether (sulfide) groups is 1. The molecule has 13 heavy (non-hydrogen) atoms. The first-order chi connectivity index (χ1) is 6.24. The first-order valence-electron chi connectivity index (χ1n) is 3.79. The smallest absolute Gasteiger partial charge is 0.345 e. The van der Waals surface area contributed by atoms with Crippen molar-refractivity contribution in [3.8, 4) is 0 Å². The van der Waals surface area contributed by atoms with Gasteiger partial charge in [-0.2, -0.15) is 0 Å². The largest absolute Gasteiger partial charge is 0.477 e. The Balaban J connectivity index is 2.49. The highest BCUT2D eigenvalue weighted by Gasteiger charge is 2.06. The molecule has 1 aromatic rings. The third-order valence-corrected chi connectivity index (χ3v) is 3.45. The molecule has 1 aromatic heterocycles. The Hall–Kier alpha value is -0.740. The van der Waals surface area contributed by atoms with E-state index in [4.69, 9.17) is 5.11 Å². The Labute approximate surface area is 85.3 Å². The lowest BCUT2D eigenvalue weighted by molar-refractivity contribution is 0.0702. The topological polar surface area (TPSA) is 37.3 Å². The minimum Gasteiger partial charge on any atom is -0.477 e. The van der Waals surface area contributed by atoms with Gasteiger partial charge in [0.2, 0.25) is 0 Å². The van der Waals surface area contributed by atoms with E-state index in [0.29, 0.717) is 4.88 Å². The van der Waals surface area contributed by atoms with E-state index in [1.807, 2.05) is 11.5 Å². The van der Waals surface area contributed by atoms with E-state index >= 15 is 0 Å². The van der Waals surface area contributed by atoms with Crippen molar-refractivity contribution in [2.24, 2.45) is 0 Å². The van der Waals surface area contributed by atoms with Crippen molar-refractivity contribution in [1.82, 2.24) is 0 Å². The Morgan fingerprint density at radius 1 is 1.77 bits per heavy atom. The van der Waals surface area contributed by atoms with Crippen molar-refractivity contribution < 1.29 is 9.90 Å². The Kier molecular flexibility index (Phi) is 4.05. The quantitative estimate of drug-likeness (QED) is 0.465. The first kappa shape index (κ1) is 10.3. The van der Waals surface area contributed by atoms with Gasteiger partial charge in [0, 0.05) is 16.0 Å². The fourth-order valence-corrected chi connectivity index (χ4v) is 2.59. The van der Waals surface area contributed by atoms with Crippen LogP contribution >= 0.6 is 23.1 Å². The van der Waals surface area contributed by atoms with Crippen LogP contribution in [0.1, 0.15) is 16.1 Å². The van der Waals surface area contributed by atoms with Gasteiger partial charge in [-0.1, -0.05) is 6.08 Å². The molecule has 1 heterocycles. The molecule has 1 rings (SSSR count). The molecule has 0 aliphatic carbocycles. The van der Waals surface area contributed by atoms with Gasteiger partial charge in [-0.15, -0.1) is 29.7 Å². The molecule has 0 unspecified atom stereocenters. The van der Waals surface area contributed by atoms with E-state index in [1.54, 1.807) is 17.8 Å². The molecular formula is C9H10O2S2. The number of allylic oxidation sites excluding steroid dienone is 1. The fourth-order valence-electron chi connectivity index (χ4n) is 0.767. The maximum Gasteiger partial charge on any atom is 0.345 e. The van der Waals surface area contributed by atoms with Gasteiger partial charge >= 0.3 is 5.97 Å². The third kappa shape index (κ3) is 3.24. The second kappa shape index (κ2) is 5.09. The Morgan fingerprint density at radius 3 is 3.08 bits per heavy atom. The molecule has 0 amide bonds. The van der Waals surface area contributed by atoms with Crippen LogP contribution in [0.15, 0.2) is 29.0 Å². The average molecular weight is 214 g/mol. The molecule has 0 aliphatic heterocycles. The van der Waals surface area contributed by atoms with Crippen molar-refractivity contribution >= 4 is 29.1 Å². The van der Waals surface area contributed by atoms with Crippen LogP contribution in [0, 0.1) is 0 Å². The van der Waals surface area contributed by atoms with Gasteiger partial charge in [0.25, 0.3) is 0 Å². The Bertz CT molecular complexity index is 304. The number of hydrogen-bond acceptors (Lipinski definition) is 3. The van der Waals surface area contributed by atoms with E-state index in [9.17, 15) is 4.79 Å². The lowest BCUT2D eigenvalue weighted by Gasteiger charge is -1.92. The molecule has 0 spiro atoms. The molecule has 0 aliphatic rings. The lowest BCUT2D eigenvalue weighted by atomic mass is 10.5. The number of carboxylic acid groups (broad SMARTS) is 1. The predicted molar refractivity (Wildman–Crippen MR) is 56.8 cm³/mol. The summed E-state index contributed by atoms with van der Waals surface area (Å²) < 4.78 is 0. The number of thiophene rings is 1. The predicted octanol–water partition coefficient (Wildman–Crippen LogP) is 3.11. The van der Waals surface area contributed by atoms with E-state index < -0.39 is 5.97 Å². The van der Waals surface area contributed by atoms with Crippen LogP contribution in [0.3, 0.4) is 0 Å². The molecular weight excluding hydrogens is 204 g/mol. The molecule has 0 radical (unpaired) electrons. The summed E-state index contributed by atoms with van der Waals surface area (Å²) in [5, 5.41) is 10.5. The molecule has 1 N–H and O–H groups in total. The minimum atomic E-state index is -0.847. The average Bonchev–Trinajstić information content (AvgIpc) is 2.53. The maximum absolute atomic E-state index is 10.5. The number of hydrogen-bond donors (Lipinski definition) is 1. The van der Waals surface area contributed by atoms with E-state index in [1.165, 1.54) is 11.3 Å². The van der Waals surface area contributed by atoms with E-state index in [0.717, 1.165) is 17.1 Å². The Morgan fingerprint density at radius 2 is 2.54 bits per heavy atom. The molecule has 0 atom stereocenters. The van der Waals surface area contributed by atoms with Gasteiger partial charge in [0.05, 0.1) is 0 Å². The van der Waals surface area contributed by atoms with Crippen molar-refractivity contribution in [3.63, 3.8) is 0 Å². The summed E-state index contributed by atoms with van der Waals surface area (Å²) in [6.07, 6.45) is 2.81. The highest BCUT2D eigenvalue weighted by atomic mass is 32.2. The SMILES string of the molecule is C=CCCSc1csc(C(=O)O)c1. The summed E-state index contributed by atoms with van der Waals surface area (Å²) in [6, 6.07) is 1.71. The summed E-state index contributed by atoms with van der Waals surface area (Å²) in [6.45, 7) is 3.62. The van der Waals surface area contributed by atoms with Gasteiger partial charge in [0.1, 0.15) is 4.88 Å². The minimum absolute atomic E-state index is 0.404. The zero-order chi connectivity index (χ0) is 9.68. The molecule has 70 valence electrons. The zero-order valence-electron chi connectivity index (χ0n) is 7.03. The summed E-state index contributed by atoms with van der Waals surface area (Å²) in [4.78, 5) is 12.0.